The van der Waals surface area contributed by atoms with Crippen LogP contribution < -0.4 is 10.1 Å². The molecule has 2 aromatic carbocycles. The fourth-order valence-electron chi connectivity index (χ4n) is 2.76. The van der Waals surface area contributed by atoms with Crippen molar-refractivity contribution in [3.8, 4) is 11.4 Å². The lowest BCUT2D eigenvalue weighted by molar-refractivity contribution is 0.102. The van der Waals surface area contributed by atoms with E-state index in [2.05, 4.69) is 36.4 Å². The summed E-state index contributed by atoms with van der Waals surface area (Å²) >= 11 is 3.33. The first-order chi connectivity index (χ1) is 13.5. The van der Waals surface area contributed by atoms with E-state index in [0.29, 0.717) is 16.8 Å². The summed E-state index contributed by atoms with van der Waals surface area (Å²) in [5.41, 5.74) is 4.29. The quantitative estimate of drug-likeness (QED) is 0.518. The first-order valence-corrected chi connectivity index (χ1v) is 9.27. The molecule has 7 nitrogen and oxygen atoms in total. The number of aryl methyl sites for hydroxylation is 1. The smallest absolute Gasteiger partial charge is 0.257 e. The third-order valence-electron chi connectivity index (χ3n) is 4.25. The first kappa shape index (κ1) is 18.1. The van der Waals surface area contributed by atoms with Crippen molar-refractivity contribution >= 4 is 38.6 Å². The number of ether oxygens (including phenoxy) is 1. The molecule has 0 fully saturated rings. The highest BCUT2D eigenvalue weighted by atomic mass is 79.9. The van der Waals surface area contributed by atoms with Crippen molar-refractivity contribution in [3.05, 3.63) is 70.5 Å². The number of rotatable bonds is 4. The van der Waals surface area contributed by atoms with Crippen LogP contribution in [0.1, 0.15) is 15.9 Å². The number of hydrogen-bond donors (Lipinski definition) is 1. The highest BCUT2D eigenvalue weighted by Crippen LogP contribution is 2.23. The molecule has 0 unspecified atom stereocenters. The van der Waals surface area contributed by atoms with Gasteiger partial charge in [-0.25, -0.2) is 0 Å². The molecule has 0 aliphatic heterocycles. The third kappa shape index (κ3) is 3.59. The molecule has 1 amide bonds. The predicted octanol–water partition coefficient (Wildman–Crippen LogP) is 4.15. The second-order valence-corrected chi connectivity index (χ2v) is 7.10. The van der Waals surface area contributed by atoms with E-state index < -0.39 is 0 Å². The molecule has 0 saturated carbocycles. The van der Waals surface area contributed by atoms with Crippen LogP contribution >= 0.6 is 15.9 Å². The van der Waals surface area contributed by atoms with Crippen molar-refractivity contribution in [3.63, 3.8) is 0 Å². The van der Waals surface area contributed by atoms with Gasteiger partial charge in [-0.2, -0.15) is 4.80 Å². The Labute approximate surface area is 169 Å². The molecule has 0 saturated heterocycles. The minimum Gasteiger partial charge on any atom is -0.497 e. The minimum atomic E-state index is -0.237. The number of carbonyl (C=O) groups excluding carboxylic acids is 1. The van der Waals surface area contributed by atoms with Crippen LogP contribution in [0, 0.1) is 6.92 Å². The zero-order valence-electron chi connectivity index (χ0n) is 15.2. The number of halogens is 1. The Kier molecular flexibility index (Phi) is 4.79. The van der Waals surface area contributed by atoms with E-state index in [4.69, 9.17) is 4.74 Å². The Morgan fingerprint density at radius 2 is 1.79 bits per heavy atom. The maximum absolute atomic E-state index is 12.5. The lowest BCUT2D eigenvalue weighted by atomic mass is 10.1. The van der Waals surface area contributed by atoms with Crippen molar-refractivity contribution in [2.24, 2.45) is 0 Å². The Morgan fingerprint density at radius 3 is 2.46 bits per heavy atom. The van der Waals surface area contributed by atoms with Gasteiger partial charge in [-0.3, -0.25) is 9.78 Å². The van der Waals surface area contributed by atoms with E-state index in [-0.39, 0.29) is 5.91 Å². The summed E-state index contributed by atoms with van der Waals surface area (Å²) in [7, 11) is 1.62. The number of fused-ring (bicyclic) bond motifs is 1. The molecule has 0 aliphatic rings. The van der Waals surface area contributed by atoms with Gasteiger partial charge in [-0.1, -0.05) is 0 Å². The van der Waals surface area contributed by atoms with E-state index in [0.717, 1.165) is 27.0 Å². The van der Waals surface area contributed by atoms with E-state index >= 15 is 0 Å². The maximum atomic E-state index is 12.5. The summed E-state index contributed by atoms with van der Waals surface area (Å²) in [6.45, 7) is 1.92. The van der Waals surface area contributed by atoms with Gasteiger partial charge in [-0.15, -0.1) is 10.2 Å². The molecule has 0 aliphatic carbocycles. The summed E-state index contributed by atoms with van der Waals surface area (Å²) in [5.74, 6) is 0.530. The van der Waals surface area contributed by atoms with E-state index in [9.17, 15) is 4.79 Å². The number of benzene rings is 2. The Hall–Kier alpha value is -3.26. The summed E-state index contributed by atoms with van der Waals surface area (Å²) in [4.78, 5) is 18.1. The summed E-state index contributed by atoms with van der Waals surface area (Å²) < 4.78 is 5.92. The monoisotopic (exact) mass is 437 g/mol. The maximum Gasteiger partial charge on any atom is 0.257 e. The molecule has 0 bridgehead atoms. The van der Waals surface area contributed by atoms with E-state index in [1.807, 2.05) is 43.3 Å². The topological polar surface area (TPSA) is 81.9 Å². The highest BCUT2D eigenvalue weighted by Gasteiger charge is 2.12. The molecule has 2 aromatic heterocycles. The second kappa shape index (κ2) is 7.40. The van der Waals surface area contributed by atoms with Crippen LogP contribution in [0.5, 0.6) is 5.75 Å². The Balaban J connectivity index is 1.65. The van der Waals surface area contributed by atoms with Crippen LogP contribution in [0.3, 0.4) is 0 Å². The van der Waals surface area contributed by atoms with Crippen molar-refractivity contribution in [2.45, 2.75) is 6.92 Å². The molecule has 4 aromatic rings. The zero-order valence-corrected chi connectivity index (χ0v) is 16.8. The Bertz CT molecular complexity index is 1170. The fraction of sp³-hybridized carbons (Fsp3) is 0.100. The van der Waals surface area contributed by atoms with Crippen LogP contribution in [-0.4, -0.2) is 33.0 Å². The average molecular weight is 438 g/mol. The largest absolute Gasteiger partial charge is 0.497 e. The normalized spacial score (nSPS) is 10.8. The third-order valence-corrected chi connectivity index (χ3v) is 4.68. The fourth-order valence-corrected chi connectivity index (χ4v) is 3.13. The summed E-state index contributed by atoms with van der Waals surface area (Å²) in [5, 5.41) is 12.0. The van der Waals surface area contributed by atoms with Crippen molar-refractivity contribution in [1.82, 2.24) is 20.0 Å². The van der Waals surface area contributed by atoms with Gasteiger partial charge in [0, 0.05) is 22.6 Å². The molecule has 0 radical (unpaired) electrons. The molecule has 140 valence electrons. The van der Waals surface area contributed by atoms with E-state index in [1.54, 1.807) is 24.2 Å². The number of hydrogen-bond acceptors (Lipinski definition) is 5. The highest BCUT2D eigenvalue weighted by molar-refractivity contribution is 9.10. The van der Waals surface area contributed by atoms with Gasteiger partial charge in [0.25, 0.3) is 5.91 Å². The predicted molar refractivity (Wildman–Crippen MR) is 110 cm³/mol. The standard InChI is InChI=1S/C20H16BrN5O2/c1-12-7-18-19(25-26(24-18)15-3-5-16(28-2)6-4-15)9-17(12)23-20(27)13-8-14(21)11-22-10-13/h3-11H,1-2H3,(H,23,27). The van der Waals surface area contributed by atoms with Crippen molar-refractivity contribution in [2.75, 3.05) is 12.4 Å². The molecule has 1 N–H and O–H groups in total. The number of pyridine rings is 1. The van der Waals surface area contributed by atoms with Gasteiger partial charge in [-0.05, 0) is 70.9 Å². The summed E-state index contributed by atoms with van der Waals surface area (Å²) in [6.07, 6.45) is 3.15. The van der Waals surface area contributed by atoms with Gasteiger partial charge in [0.05, 0.1) is 18.4 Å². The minimum absolute atomic E-state index is 0.237. The van der Waals surface area contributed by atoms with Gasteiger partial charge >= 0.3 is 0 Å². The second-order valence-electron chi connectivity index (χ2n) is 6.19. The van der Waals surface area contributed by atoms with E-state index in [1.165, 1.54) is 6.20 Å². The molecule has 0 spiro atoms. The van der Waals surface area contributed by atoms with Crippen molar-refractivity contribution in [1.29, 1.82) is 0 Å². The van der Waals surface area contributed by atoms with Gasteiger partial charge < -0.3 is 10.1 Å². The number of methoxy groups -OCH3 is 1. The van der Waals surface area contributed by atoms with Gasteiger partial charge in [0.2, 0.25) is 0 Å². The molecule has 0 atom stereocenters. The van der Waals surface area contributed by atoms with Crippen LogP contribution in [0.25, 0.3) is 16.7 Å². The molecule has 28 heavy (non-hydrogen) atoms. The van der Waals surface area contributed by atoms with Crippen LogP contribution in [-0.2, 0) is 0 Å². The van der Waals surface area contributed by atoms with Crippen LogP contribution in [0.2, 0.25) is 0 Å². The van der Waals surface area contributed by atoms with Crippen molar-refractivity contribution < 1.29 is 9.53 Å². The molecule has 4 rings (SSSR count). The number of amides is 1. The van der Waals surface area contributed by atoms with Crippen LogP contribution in [0.15, 0.2) is 59.3 Å². The SMILES string of the molecule is COc1ccc(-n2nc3cc(C)c(NC(=O)c4cncc(Br)c4)cc3n2)cc1. The number of nitrogens with zero attached hydrogens (tertiary/aromatic N) is 4. The summed E-state index contributed by atoms with van der Waals surface area (Å²) in [6, 6.07) is 12.9. The number of aromatic nitrogens is 4. The lowest BCUT2D eigenvalue weighted by Gasteiger charge is -2.08. The van der Waals surface area contributed by atoms with Gasteiger partial charge in [0.1, 0.15) is 16.8 Å². The molecule has 2 heterocycles. The molecular weight excluding hydrogens is 422 g/mol. The number of nitrogens with one attached hydrogen (secondary N) is 1. The lowest BCUT2D eigenvalue weighted by Crippen LogP contribution is -2.13. The molecule has 8 heteroatoms. The Morgan fingerprint density at radius 1 is 1.07 bits per heavy atom. The number of anilines is 1. The zero-order chi connectivity index (χ0) is 19.7. The average Bonchev–Trinajstić information content (AvgIpc) is 3.11. The number of carbonyl (C=O) groups is 1. The molecular formula is C20H16BrN5O2. The van der Waals surface area contributed by atoms with Crippen LogP contribution in [0.4, 0.5) is 5.69 Å². The first-order valence-electron chi connectivity index (χ1n) is 8.47. The van der Waals surface area contributed by atoms with Gasteiger partial charge in [0.15, 0.2) is 0 Å².